The Morgan fingerprint density at radius 3 is 2.35 bits per heavy atom. The van der Waals surface area contributed by atoms with E-state index in [1.54, 1.807) is 0 Å². The van der Waals surface area contributed by atoms with Crippen molar-refractivity contribution in [1.29, 1.82) is 0 Å². The van der Waals surface area contributed by atoms with E-state index in [4.69, 9.17) is 4.74 Å². The maximum atomic E-state index is 5.76. The molecule has 0 saturated carbocycles. The molecule has 0 radical (unpaired) electrons. The number of ether oxygens (including phenoxy) is 1. The topological polar surface area (TPSA) is 21.3 Å². The Labute approximate surface area is 121 Å². The summed E-state index contributed by atoms with van der Waals surface area (Å²) in [5.41, 5.74) is 6.31. The Morgan fingerprint density at radius 2 is 1.65 bits per heavy atom. The van der Waals surface area contributed by atoms with E-state index in [1.165, 1.54) is 27.9 Å². The van der Waals surface area contributed by atoms with Crippen LogP contribution in [0.1, 0.15) is 22.3 Å². The molecular formula is C18H23NO. The summed E-state index contributed by atoms with van der Waals surface area (Å²) >= 11 is 0. The van der Waals surface area contributed by atoms with Gasteiger partial charge in [0.15, 0.2) is 0 Å². The lowest BCUT2D eigenvalue weighted by Gasteiger charge is -2.12. The minimum absolute atomic E-state index is 0.663. The van der Waals surface area contributed by atoms with Crippen LogP contribution < -0.4 is 10.1 Å². The Morgan fingerprint density at radius 1 is 0.850 bits per heavy atom. The smallest absolute Gasteiger partial charge is 0.119 e. The molecule has 0 fully saturated rings. The van der Waals surface area contributed by atoms with Gasteiger partial charge in [-0.05, 0) is 62.6 Å². The normalized spacial score (nSPS) is 10.4. The number of hydrogen-bond donors (Lipinski definition) is 1. The maximum Gasteiger partial charge on any atom is 0.119 e. The second-order valence-corrected chi connectivity index (χ2v) is 5.34. The molecule has 2 heteroatoms. The van der Waals surface area contributed by atoms with Gasteiger partial charge in [0, 0.05) is 12.2 Å². The summed E-state index contributed by atoms with van der Waals surface area (Å²) in [6.07, 6.45) is 0. The van der Waals surface area contributed by atoms with Gasteiger partial charge in [-0.1, -0.05) is 23.8 Å². The van der Waals surface area contributed by atoms with Crippen molar-refractivity contribution in [3.8, 4) is 5.75 Å². The Hall–Kier alpha value is -1.96. The monoisotopic (exact) mass is 269 g/mol. The first-order valence-electron chi connectivity index (χ1n) is 7.07. The zero-order chi connectivity index (χ0) is 14.5. The first-order valence-corrected chi connectivity index (χ1v) is 7.07. The third-order valence-corrected chi connectivity index (χ3v) is 3.55. The van der Waals surface area contributed by atoms with Gasteiger partial charge in [-0.25, -0.2) is 0 Å². The number of aryl methyl sites for hydroxylation is 4. The lowest BCUT2D eigenvalue weighted by Crippen LogP contribution is -2.12. The molecule has 0 amide bonds. The molecule has 0 aliphatic carbocycles. The van der Waals surface area contributed by atoms with Gasteiger partial charge in [-0.15, -0.1) is 0 Å². The predicted octanol–water partition coefficient (Wildman–Crippen LogP) is 4.41. The highest BCUT2D eigenvalue weighted by Crippen LogP contribution is 2.17. The van der Waals surface area contributed by atoms with E-state index in [9.17, 15) is 0 Å². The summed E-state index contributed by atoms with van der Waals surface area (Å²) in [6, 6.07) is 12.7. The summed E-state index contributed by atoms with van der Waals surface area (Å²) in [7, 11) is 0. The average molecular weight is 269 g/mol. The molecular weight excluding hydrogens is 246 g/mol. The van der Waals surface area contributed by atoms with Crippen LogP contribution in [0.3, 0.4) is 0 Å². The van der Waals surface area contributed by atoms with Crippen LogP contribution in [0.2, 0.25) is 0 Å². The minimum atomic E-state index is 0.663. The van der Waals surface area contributed by atoms with E-state index in [0.29, 0.717) is 6.61 Å². The molecule has 0 aliphatic heterocycles. The molecule has 0 heterocycles. The fourth-order valence-corrected chi connectivity index (χ4v) is 2.17. The van der Waals surface area contributed by atoms with E-state index in [0.717, 1.165) is 12.3 Å². The molecule has 0 aliphatic rings. The van der Waals surface area contributed by atoms with Gasteiger partial charge in [0.2, 0.25) is 0 Å². The van der Waals surface area contributed by atoms with Crippen LogP contribution >= 0.6 is 0 Å². The van der Waals surface area contributed by atoms with Crippen molar-refractivity contribution in [2.24, 2.45) is 0 Å². The third kappa shape index (κ3) is 3.77. The Kier molecular flexibility index (Phi) is 4.67. The van der Waals surface area contributed by atoms with Crippen molar-refractivity contribution in [3.05, 3.63) is 58.7 Å². The van der Waals surface area contributed by atoms with Crippen LogP contribution in [-0.2, 0) is 0 Å². The quantitative estimate of drug-likeness (QED) is 0.812. The number of nitrogens with one attached hydrogen (secondary N) is 1. The van der Waals surface area contributed by atoms with Gasteiger partial charge in [-0.2, -0.15) is 0 Å². The van der Waals surface area contributed by atoms with Crippen LogP contribution in [0.5, 0.6) is 5.75 Å². The SMILES string of the molecule is Cc1ccc(NCCOc2ccc(C)c(C)c2)c(C)c1. The van der Waals surface area contributed by atoms with Gasteiger partial charge >= 0.3 is 0 Å². The molecule has 0 aromatic heterocycles. The van der Waals surface area contributed by atoms with Gasteiger partial charge in [-0.3, -0.25) is 0 Å². The molecule has 0 spiro atoms. The molecule has 0 atom stereocenters. The molecule has 20 heavy (non-hydrogen) atoms. The largest absolute Gasteiger partial charge is 0.492 e. The van der Waals surface area contributed by atoms with Crippen molar-refractivity contribution in [2.75, 3.05) is 18.5 Å². The molecule has 106 valence electrons. The minimum Gasteiger partial charge on any atom is -0.492 e. The van der Waals surface area contributed by atoms with Gasteiger partial charge < -0.3 is 10.1 Å². The fraction of sp³-hybridized carbons (Fsp3) is 0.333. The molecule has 0 saturated heterocycles. The highest BCUT2D eigenvalue weighted by Gasteiger charge is 1.99. The number of hydrogen-bond acceptors (Lipinski definition) is 2. The average Bonchev–Trinajstić information content (AvgIpc) is 2.40. The van der Waals surface area contributed by atoms with Crippen LogP contribution in [0, 0.1) is 27.7 Å². The van der Waals surface area contributed by atoms with E-state index in [1.807, 2.05) is 6.07 Å². The molecule has 2 aromatic carbocycles. The van der Waals surface area contributed by atoms with Gasteiger partial charge in [0.05, 0.1) is 0 Å². The maximum absolute atomic E-state index is 5.76. The van der Waals surface area contributed by atoms with Crippen LogP contribution in [0.25, 0.3) is 0 Å². The summed E-state index contributed by atoms with van der Waals surface area (Å²) in [4.78, 5) is 0. The summed E-state index contributed by atoms with van der Waals surface area (Å²) in [6.45, 7) is 9.92. The van der Waals surface area contributed by atoms with Crippen molar-refractivity contribution in [2.45, 2.75) is 27.7 Å². The molecule has 1 N–H and O–H groups in total. The van der Waals surface area contributed by atoms with E-state index >= 15 is 0 Å². The van der Waals surface area contributed by atoms with Gasteiger partial charge in [0.1, 0.15) is 12.4 Å². The number of anilines is 1. The highest BCUT2D eigenvalue weighted by molar-refractivity contribution is 5.51. The second-order valence-electron chi connectivity index (χ2n) is 5.34. The summed E-state index contributed by atoms with van der Waals surface area (Å²) < 4.78 is 5.76. The summed E-state index contributed by atoms with van der Waals surface area (Å²) in [5, 5.41) is 3.41. The van der Waals surface area contributed by atoms with Crippen LogP contribution in [0.4, 0.5) is 5.69 Å². The number of benzene rings is 2. The predicted molar refractivity (Wildman–Crippen MR) is 85.8 cm³/mol. The zero-order valence-electron chi connectivity index (χ0n) is 12.8. The Bertz CT molecular complexity index is 590. The van der Waals surface area contributed by atoms with Crippen molar-refractivity contribution >= 4 is 5.69 Å². The molecule has 0 bridgehead atoms. The molecule has 2 rings (SSSR count). The standard InChI is InChI=1S/C18H23NO/c1-13-5-8-18(16(4)11-13)19-9-10-20-17-7-6-14(2)15(3)12-17/h5-8,11-12,19H,9-10H2,1-4H3. The van der Waals surface area contributed by atoms with E-state index in [-0.39, 0.29) is 0 Å². The Balaban J connectivity index is 1.82. The lowest BCUT2D eigenvalue weighted by atomic mass is 10.1. The van der Waals surface area contributed by atoms with E-state index in [2.05, 4.69) is 63.3 Å². The highest BCUT2D eigenvalue weighted by atomic mass is 16.5. The van der Waals surface area contributed by atoms with Crippen molar-refractivity contribution < 1.29 is 4.74 Å². The molecule has 2 nitrogen and oxygen atoms in total. The van der Waals surface area contributed by atoms with Crippen LogP contribution in [0.15, 0.2) is 36.4 Å². The first kappa shape index (κ1) is 14.4. The third-order valence-electron chi connectivity index (χ3n) is 3.55. The zero-order valence-corrected chi connectivity index (χ0v) is 12.8. The molecule has 0 unspecified atom stereocenters. The lowest BCUT2D eigenvalue weighted by molar-refractivity contribution is 0.332. The van der Waals surface area contributed by atoms with Crippen molar-refractivity contribution in [1.82, 2.24) is 0 Å². The van der Waals surface area contributed by atoms with E-state index < -0.39 is 0 Å². The van der Waals surface area contributed by atoms with Gasteiger partial charge in [0.25, 0.3) is 0 Å². The second kappa shape index (κ2) is 6.47. The molecule has 2 aromatic rings. The van der Waals surface area contributed by atoms with Crippen LogP contribution in [-0.4, -0.2) is 13.2 Å². The first-order chi connectivity index (χ1) is 9.56. The number of rotatable bonds is 5. The fourth-order valence-electron chi connectivity index (χ4n) is 2.17. The summed E-state index contributed by atoms with van der Waals surface area (Å²) in [5.74, 6) is 0.940. The van der Waals surface area contributed by atoms with Crippen molar-refractivity contribution in [3.63, 3.8) is 0 Å².